The Morgan fingerprint density at radius 2 is 1.23 bits per heavy atom. The molecule has 0 aliphatic rings. The van der Waals surface area contributed by atoms with Crippen molar-refractivity contribution in [2.24, 2.45) is 0 Å². The molecule has 1 heterocycles. The van der Waals surface area contributed by atoms with Gasteiger partial charge in [-0.3, -0.25) is 0 Å². The summed E-state index contributed by atoms with van der Waals surface area (Å²) in [5.41, 5.74) is -5.43. The summed E-state index contributed by atoms with van der Waals surface area (Å²) in [6.45, 7) is 0. The Balaban J connectivity index is 2.26. The lowest BCUT2D eigenvalue weighted by Crippen LogP contribution is -2.17. The first-order valence-electron chi connectivity index (χ1n) is 10.9. The van der Waals surface area contributed by atoms with Crippen LogP contribution in [0.15, 0.2) is 82.6 Å². The van der Waals surface area contributed by atoms with E-state index in [1.165, 1.54) is 30.3 Å². The van der Waals surface area contributed by atoms with Crippen molar-refractivity contribution in [3.8, 4) is 33.6 Å². The van der Waals surface area contributed by atoms with Crippen LogP contribution in [0.2, 0.25) is 0 Å². The predicted molar refractivity (Wildman–Crippen MR) is 129 cm³/mol. The monoisotopic (exact) mass is 601 g/mol. The fourth-order valence-electron chi connectivity index (χ4n) is 3.94. The Bertz CT molecular complexity index is 1810. The van der Waals surface area contributed by atoms with E-state index in [2.05, 4.69) is 9.97 Å². The van der Waals surface area contributed by atoms with Crippen LogP contribution in [-0.4, -0.2) is 37.6 Å². The van der Waals surface area contributed by atoms with E-state index < -0.39 is 71.1 Å². The van der Waals surface area contributed by atoms with Crippen molar-refractivity contribution in [1.82, 2.24) is 9.97 Å². The van der Waals surface area contributed by atoms with Crippen LogP contribution in [0.1, 0.15) is 11.4 Å². The van der Waals surface area contributed by atoms with Crippen molar-refractivity contribution < 1.29 is 47.7 Å². The maximum Gasteiger partial charge on any atom is 0.451 e. The predicted octanol–water partition coefficient (Wildman–Crippen LogP) is 5.82. The van der Waals surface area contributed by atoms with Crippen LogP contribution in [0.3, 0.4) is 0 Å². The van der Waals surface area contributed by atoms with Crippen molar-refractivity contribution in [3.05, 3.63) is 84.2 Å². The van der Waals surface area contributed by atoms with E-state index in [4.69, 9.17) is 0 Å². The second kappa shape index (κ2) is 9.98. The first-order chi connectivity index (χ1) is 18.4. The quantitative estimate of drug-likeness (QED) is 0.209. The molecule has 3 aromatic carbocycles. The molecule has 0 fully saturated rings. The van der Waals surface area contributed by atoms with Gasteiger partial charge in [0.2, 0.25) is 5.82 Å². The summed E-state index contributed by atoms with van der Waals surface area (Å²) >= 11 is 0. The van der Waals surface area contributed by atoms with Crippen LogP contribution in [0.5, 0.6) is 0 Å². The molecule has 0 saturated heterocycles. The summed E-state index contributed by atoms with van der Waals surface area (Å²) in [5, 5.41) is 0. The van der Waals surface area contributed by atoms with E-state index in [-0.39, 0.29) is 16.0 Å². The van der Waals surface area contributed by atoms with Gasteiger partial charge in [-0.25, -0.2) is 26.8 Å². The number of halogens is 6. The molecule has 15 heteroatoms. The van der Waals surface area contributed by atoms with E-state index in [1.54, 1.807) is 0 Å². The van der Waals surface area contributed by atoms with Crippen LogP contribution in [0.25, 0.3) is 33.6 Å². The van der Waals surface area contributed by atoms with Crippen LogP contribution in [0.4, 0.5) is 26.3 Å². The van der Waals surface area contributed by atoms with Crippen LogP contribution in [0, 0.1) is 0 Å². The van der Waals surface area contributed by atoms with Gasteiger partial charge in [0.15, 0.2) is 9.84 Å². The molecule has 0 amide bonds. The van der Waals surface area contributed by atoms with E-state index in [0.29, 0.717) is 18.2 Å². The summed E-state index contributed by atoms with van der Waals surface area (Å²) < 4.78 is 144. The van der Waals surface area contributed by atoms with Crippen molar-refractivity contribution in [3.63, 3.8) is 0 Å². The Morgan fingerprint density at radius 3 is 1.73 bits per heavy atom. The molecule has 0 bridgehead atoms. The third-order valence-corrected chi connectivity index (χ3v) is 7.63. The molecule has 0 saturated carbocycles. The maximum absolute atomic E-state index is 14.1. The zero-order valence-corrected chi connectivity index (χ0v) is 21.6. The summed E-state index contributed by atoms with van der Waals surface area (Å²) in [6, 6.07) is 12.8. The fourth-order valence-corrected chi connectivity index (χ4v) is 5.27. The van der Waals surface area contributed by atoms with Gasteiger partial charge in [-0.2, -0.15) is 26.3 Å². The maximum atomic E-state index is 14.1. The summed E-state index contributed by atoms with van der Waals surface area (Å²) in [6.07, 6.45) is -9.75. The third kappa shape index (κ3) is 5.85. The molecule has 40 heavy (non-hydrogen) atoms. The molecule has 7 nitrogen and oxygen atoms in total. The molecule has 0 N–H and O–H groups in total. The molecule has 4 aromatic rings. The lowest BCUT2D eigenvalue weighted by Gasteiger charge is -2.23. The highest BCUT2D eigenvalue weighted by Gasteiger charge is 2.40. The number of nitrogens with zero attached hydrogens (tertiary/aromatic N) is 2. The van der Waals surface area contributed by atoms with Crippen molar-refractivity contribution in [2.45, 2.75) is 22.1 Å². The smallest absolute Gasteiger partial charge is 0.451 e. The van der Waals surface area contributed by atoms with Crippen molar-refractivity contribution in [1.29, 1.82) is 0 Å². The highest BCUT2D eigenvalue weighted by molar-refractivity contribution is 7.90. The van der Waals surface area contributed by atoms with Crippen molar-refractivity contribution in [2.75, 3.05) is 6.26 Å². The second-order valence-corrected chi connectivity index (χ2v) is 11.8. The number of hydrogen-bond donors (Lipinski definition) is 0. The molecule has 4 rings (SSSR count). The molecular weight excluding hydrogens is 586 g/mol. The molecule has 1 aromatic heterocycles. The molecule has 0 radical (unpaired) electrons. The van der Waals surface area contributed by atoms with Gasteiger partial charge >= 0.3 is 12.4 Å². The lowest BCUT2D eigenvalue weighted by molar-refractivity contribution is -0.144. The van der Waals surface area contributed by atoms with Gasteiger partial charge in [-0.1, -0.05) is 48.5 Å². The van der Waals surface area contributed by atoms with Crippen LogP contribution < -0.4 is 0 Å². The number of benzene rings is 3. The molecule has 0 unspecified atom stereocenters. The first-order valence-corrected chi connectivity index (χ1v) is 14.2. The molecule has 210 valence electrons. The van der Waals surface area contributed by atoms with E-state index >= 15 is 0 Å². The highest BCUT2D eigenvalue weighted by Crippen LogP contribution is 2.46. The Hall–Kier alpha value is -3.82. The number of rotatable bonds is 5. The zero-order chi connectivity index (χ0) is 29.7. The largest absolute Gasteiger partial charge is 0.744 e. The van der Waals surface area contributed by atoms with Crippen LogP contribution >= 0.6 is 0 Å². The van der Waals surface area contributed by atoms with E-state index in [0.717, 1.165) is 30.5 Å². The van der Waals surface area contributed by atoms with Gasteiger partial charge in [0.1, 0.15) is 10.1 Å². The summed E-state index contributed by atoms with van der Waals surface area (Å²) in [5.74, 6) is -1.92. The normalized spacial score (nSPS) is 12.9. The summed E-state index contributed by atoms with van der Waals surface area (Å²) in [7, 11) is -9.40. The molecule has 0 aliphatic carbocycles. The second-order valence-electron chi connectivity index (χ2n) is 8.41. The Kier molecular flexibility index (Phi) is 7.28. The lowest BCUT2D eigenvalue weighted by atomic mass is 9.92. The molecule has 0 spiro atoms. The minimum atomic E-state index is -5.67. The van der Waals surface area contributed by atoms with Gasteiger partial charge in [-0.15, -0.1) is 0 Å². The first kappa shape index (κ1) is 29.2. The van der Waals surface area contributed by atoms with Gasteiger partial charge in [-0.05, 0) is 29.8 Å². The van der Waals surface area contributed by atoms with Crippen LogP contribution in [-0.2, 0) is 32.3 Å². The highest BCUT2D eigenvalue weighted by atomic mass is 32.2. The van der Waals surface area contributed by atoms with Crippen molar-refractivity contribution >= 4 is 20.0 Å². The van der Waals surface area contributed by atoms with Gasteiger partial charge < -0.3 is 4.55 Å². The molecule has 0 atom stereocenters. The number of alkyl halides is 6. The molecule has 0 aliphatic heterocycles. The average molecular weight is 602 g/mol. The van der Waals surface area contributed by atoms with Gasteiger partial charge in [0, 0.05) is 22.9 Å². The van der Waals surface area contributed by atoms with Gasteiger partial charge in [0.25, 0.3) is 0 Å². The third-order valence-electron chi connectivity index (χ3n) is 5.62. The topological polar surface area (TPSA) is 117 Å². The van der Waals surface area contributed by atoms with E-state index in [9.17, 15) is 47.7 Å². The number of sulfone groups is 1. The minimum Gasteiger partial charge on any atom is -0.744 e. The zero-order valence-electron chi connectivity index (χ0n) is 19.9. The summed E-state index contributed by atoms with van der Waals surface area (Å²) in [4.78, 5) is 5.26. The number of aromatic nitrogens is 2. The molecular formula is C25H15F6N2O5S2-. The average Bonchev–Trinajstić information content (AvgIpc) is 2.86. The van der Waals surface area contributed by atoms with Gasteiger partial charge in [0.05, 0.1) is 26.7 Å². The minimum absolute atomic E-state index is 0.0142. The Labute approximate surface area is 223 Å². The fraction of sp³-hybridized carbons (Fsp3) is 0.120. The van der Waals surface area contributed by atoms with E-state index in [1.807, 2.05) is 0 Å². The SMILES string of the molecule is CS(=O)(=O)c1ccc(-c2nc(C(F)(F)F)nc(-c3c(C(F)(F)F)cccc3S(=O)(=O)[O-])c2-c2ccccc2)cc1. The Morgan fingerprint density at radius 1 is 0.650 bits per heavy atom. The standard InChI is InChI=1S/C25H16F6N2O5S2/c1-39(34,35)16-12-10-15(11-13-16)21-19(14-6-3-2-4-7-14)22(33-23(32-21)25(29,30)31)20-17(24(26,27)28)8-5-9-18(20)40(36,37)38/h2-13H,1H3,(H,36,37,38)/p-1. The number of hydrogen-bond acceptors (Lipinski definition) is 7.